The Hall–Kier alpha value is -4.53. The topological polar surface area (TPSA) is 95.2 Å². The first kappa shape index (κ1) is 27.6. The van der Waals surface area contributed by atoms with Gasteiger partial charge in [0, 0.05) is 54.7 Å². The number of nitrogens with zero attached hydrogens (tertiary/aromatic N) is 3. The van der Waals surface area contributed by atoms with Crippen LogP contribution in [0.4, 0.5) is 16.2 Å². The monoisotopic (exact) mass is 560 g/mol. The molecule has 0 aliphatic carbocycles. The zero-order chi connectivity index (χ0) is 29.1. The summed E-state index contributed by atoms with van der Waals surface area (Å²) in [6.07, 6.45) is 5.42. The van der Waals surface area contributed by atoms with Crippen molar-refractivity contribution in [3.8, 4) is 22.5 Å². The molecule has 0 bridgehead atoms. The molecule has 0 atom stereocenters. The highest BCUT2D eigenvalue weighted by Crippen LogP contribution is 2.35. The third-order valence-corrected chi connectivity index (χ3v) is 7.68. The second kappa shape index (κ2) is 11.8. The van der Waals surface area contributed by atoms with E-state index >= 15 is 0 Å². The Labute approximate surface area is 246 Å². The van der Waals surface area contributed by atoms with Crippen LogP contribution in [0.3, 0.4) is 0 Å². The average Bonchev–Trinajstić information content (AvgIpc) is 3.53. The van der Waals surface area contributed by atoms with Gasteiger partial charge < -0.3 is 20.4 Å². The fraction of sp³-hybridized carbons (Fsp3) is 0.265. The molecule has 1 aliphatic rings. The molecule has 0 unspecified atom stereocenters. The Balaban J connectivity index is 1.25. The van der Waals surface area contributed by atoms with Gasteiger partial charge in [-0.15, -0.1) is 0 Å². The number of aromatic amines is 1. The molecule has 0 saturated carbocycles. The number of urea groups is 1. The first-order valence-corrected chi connectivity index (χ1v) is 14.3. The minimum absolute atomic E-state index is 0.0732. The second-order valence-electron chi connectivity index (χ2n) is 11.7. The smallest absolute Gasteiger partial charge is 0.323 e. The molecular weight excluding hydrogens is 524 g/mol. The Bertz CT molecular complexity index is 1680. The Morgan fingerprint density at radius 1 is 0.905 bits per heavy atom. The molecule has 42 heavy (non-hydrogen) atoms. The number of imidazole rings is 1. The number of benzene rings is 3. The fourth-order valence-corrected chi connectivity index (χ4v) is 5.33. The number of H-pyrrole nitrogens is 1. The third kappa shape index (κ3) is 6.05. The number of amides is 2. The lowest BCUT2D eigenvalue weighted by Crippen LogP contribution is -2.35. The normalized spacial score (nSPS) is 14.2. The molecule has 1 fully saturated rings. The van der Waals surface area contributed by atoms with Crippen molar-refractivity contribution in [2.45, 2.75) is 32.7 Å². The van der Waals surface area contributed by atoms with Gasteiger partial charge >= 0.3 is 6.03 Å². The SMILES string of the molecule is CC(C)(C)c1ccc(-c2ncc[nH]2)c(NC(=O)Nc2ccc(-c3ccc(CN4CCOCC4)nc3)c3ccccc23)c1. The van der Waals surface area contributed by atoms with Crippen molar-refractivity contribution in [1.82, 2.24) is 19.9 Å². The number of anilines is 2. The lowest BCUT2D eigenvalue weighted by atomic mass is 9.86. The number of morpholine rings is 1. The van der Waals surface area contributed by atoms with Gasteiger partial charge in [0.15, 0.2) is 0 Å². The maximum absolute atomic E-state index is 13.4. The van der Waals surface area contributed by atoms with Crippen molar-refractivity contribution >= 4 is 28.2 Å². The molecular formula is C34H36N6O2. The van der Waals surface area contributed by atoms with Crippen LogP contribution in [0.5, 0.6) is 0 Å². The molecule has 8 heteroatoms. The van der Waals surface area contributed by atoms with Crippen LogP contribution in [-0.4, -0.2) is 52.2 Å². The highest BCUT2D eigenvalue weighted by molar-refractivity contribution is 6.10. The number of hydrogen-bond acceptors (Lipinski definition) is 5. The summed E-state index contributed by atoms with van der Waals surface area (Å²) in [7, 11) is 0. The van der Waals surface area contributed by atoms with E-state index < -0.39 is 0 Å². The van der Waals surface area contributed by atoms with E-state index in [1.165, 1.54) is 0 Å². The van der Waals surface area contributed by atoms with Gasteiger partial charge in [0.05, 0.1) is 30.3 Å². The van der Waals surface area contributed by atoms with Crippen molar-refractivity contribution in [2.24, 2.45) is 0 Å². The van der Waals surface area contributed by atoms with Crippen LogP contribution >= 0.6 is 0 Å². The summed E-state index contributed by atoms with van der Waals surface area (Å²) in [5, 5.41) is 8.17. The van der Waals surface area contributed by atoms with Gasteiger partial charge in [0.2, 0.25) is 0 Å². The maximum Gasteiger partial charge on any atom is 0.323 e. The molecule has 1 saturated heterocycles. The van der Waals surface area contributed by atoms with E-state index in [9.17, 15) is 4.79 Å². The molecule has 3 heterocycles. The number of hydrogen-bond donors (Lipinski definition) is 3. The quantitative estimate of drug-likeness (QED) is 0.207. The van der Waals surface area contributed by atoms with Crippen LogP contribution in [0, 0.1) is 0 Å². The molecule has 1 aliphatic heterocycles. The summed E-state index contributed by atoms with van der Waals surface area (Å²) in [6.45, 7) is 10.7. The van der Waals surface area contributed by atoms with Gasteiger partial charge in [-0.3, -0.25) is 9.88 Å². The predicted octanol–water partition coefficient (Wildman–Crippen LogP) is 7.07. The number of carbonyl (C=O) groups excluding carboxylic acids is 1. The summed E-state index contributed by atoms with van der Waals surface area (Å²) < 4.78 is 5.46. The van der Waals surface area contributed by atoms with E-state index in [1.54, 1.807) is 12.4 Å². The summed E-state index contributed by atoms with van der Waals surface area (Å²) in [5.74, 6) is 0.699. The van der Waals surface area contributed by atoms with Crippen LogP contribution < -0.4 is 10.6 Å². The van der Waals surface area contributed by atoms with Crippen LogP contribution in [0.2, 0.25) is 0 Å². The van der Waals surface area contributed by atoms with E-state index in [0.717, 1.165) is 77.3 Å². The van der Waals surface area contributed by atoms with Crippen LogP contribution in [0.25, 0.3) is 33.3 Å². The van der Waals surface area contributed by atoms with Gasteiger partial charge in [-0.2, -0.15) is 0 Å². The zero-order valence-electron chi connectivity index (χ0n) is 24.3. The summed E-state index contributed by atoms with van der Waals surface area (Å²) in [5.41, 5.74) is 6.45. The van der Waals surface area contributed by atoms with Gasteiger partial charge in [-0.05, 0) is 46.2 Å². The van der Waals surface area contributed by atoms with Gasteiger partial charge in [-0.1, -0.05) is 63.2 Å². The summed E-state index contributed by atoms with van der Waals surface area (Å²) in [4.78, 5) is 28.1. The lowest BCUT2D eigenvalue weighted by Gasteiger charge is -2.26. The Kier molecular flexibility index (Phi) is 7.73. The second-order valence-corrected chi connectivity index (χ2v) is 11.7. The predicted molar refractivity (Wildman–Crippen MR) is 169 cm³/mol. The zero-order valence-corrected chi connectivity index (χ0v) is 24.3. The summed E-state index contributed by atoms with van der Waals surface area (Å²) in [6, 6.07) is 22.1. The molecule has 0 radical (unpaired) electrons. The van der Waals surface area contributed by atoms with Crippen molar-refractivity contribution in [3.05, 3.63) is 96.6 Å². The van der Waals surface area contributed by atoms with Crippen molar-refractivity contribution in [2.75, 3.05) is 36.9 Å². The standard InChI is InChI=1S/C34H36N6O2/c1-34(2,3)24-9-11-29(32-35-14-15-36-32)31(20-24)39-33(41)38-30-13-12-26(27-6-4-5-7-28(27)30)23-8-10-25(37-21-23)22-40-16-18-42-19-17-40/h4-15,20-21H,16-19,22H2,1-3H3,(H,35,36)(H2,38,39,41). The number of nitrogens with one attached hydrogen (secondary N) is 3. The Morgan fingerprint density at radius 3 is 2.38 bits per heavy atom. The minimum atomic E-state index is -0.319. The summed E-state index contributed by atoms with van der Waals surface area (Å²) >= 11 is 0. The highest BCUT2D eigenvalue weighted by Gasteiger charge is 2.19. The highest BCUT2D eigenvalue weighted by atomic mass is 16.5. The molecule has 0 spiro atoms. The first-order valence-electron chi connectivity index (χ1n) is 14.3. The van der Waals surface area contributed by atoms with Crippen LogP contribution in [0.15, 0.2) is 85.3 Å². The van der Waals surface area contributed by atoms with Crippen molar-refractivity contribution in [3.63, 3.8) is 0 Å². The van der Waals surface area contributed by atoms with Crippen molar-refractivity contribution in [1.29, 1.82) is 0 Å². The molecule has 5 aromatic rings. The number of carbonyl (C=O) groups is 1. The van der Waals surface area contributed by atoms with E-state index in [4.69, 9.17) is 9.72 Å². The molecule has 2 aromatic heterocycles. The molecule has 6 rings (SSSR count). The van der Waals surface area contributed by atoms with E-state index in [1.807, 2.05) is 48.7 Å². The number of aromatic nitrogens is 3. The molecule has 214 valence electrons. The molecule has 3 aromatic carbocycles. The van der Waals surface area contributed by atoms with Gasteiger partial charge in [0.25, 0.3) is 0 Å². The first-order chi connectivity index (χ1) is 20.3. The van der Waals surface area contributed by atoms with Crippen LogP contribution in [-0.2, 0) is 16.7 Å². The van der Waals surface area contributed by atoms with E-state index in [0.29, 0.717) is 11.5 Å². The minimum Gasteiger partial charge on any atom is -0.379 e. The maximum atomic E-state index is 13.4. The number of ether oxygens (including phenoxy) is 1. The largest absolute Gasteiger partial charge is 0.379 e. The molecule has 2 amide bonds. The number of pyridine rings is 1. The Morgan fingerprint density at radius 2 is 1.67 bits per heavy atom. The third-order valence-electron chi connectivity index (χ3n) is 7.68. The molecule has 8 nitrogen and oxygen atoms in total. The number of fused-ring (bicyclic) bond motifs is 1. The number of rotatable bonds is 6. The van der Waals surface area contributed by atoms with Crippen LogP contribution in [0.1, 0.15) is 32.0 Å². The van der Waals surface area contributed by atoms with Gasteiger partial charge in [0.1, 0.15) is 5.82 Å². The molecule has 3 N–H and O–H groups in total. The average molecular weight is 561 g/mol. The fourth-order valence-electron chi connectivity index (χ4n) is 5.33. The van der Waals surface area contributed by atoms with Crippen molar-refractivity contribution < 1.29 is 9.53 Å². The van der Waals surface area contributed by atoms with E-state index in [-0.39, 0.29) is 11.4 Å². The van der Waals surface area contributed by atoms with Gasteiger partial charge in [-0.25, -0.2) is 9.78 Å². The lowest BCUT2D eigenvalue weighted by molar-refractivity contribution is 0.0336. The van der Waals surface area contributed by atoms with E-state index in [2.05, 4.69) is 70.5 Å².